The highest BCUT2D eigenvalue weighted by molar-refractivity contribution is 5.74. The van der Waals surface area contributed by atoms with Crippen LogP contribution in [-0.2, 0) is 19.5 Å². The molecule has 0 saturated carbocycles. The molecule has 1 aliphatic rings. The lowest BCUT2D eigenvalue weighted by molar-refractivity contribution is 0.170. The minimum Gasteiger partial charge on any atom is -0.334 e. The van der Waals surface area contributed by atoms with E-state index in [4.69, 9.17) is 5.73 Å². The van der Waals surface area contributed by atoms with Gasteiger partial charge in [-0.1, -0.05) is 30.3 Å². The highest BCUT2D eigenvalue weighted by atomic mass is 16.2. The lowest BCUT2D eigenvalue weighted by Crippen LogP contribution is -2.44. The monoisotopic (exact) mass is 338 g/mol. The van der Waals surface area contributed by atoms with Crippen molar-refractivity contribution < 1.29 is 4.79 Å². The number of benzene rings is 1. The SMILES string of the molecule is NCc1ccc(CNC(=O)N2CCC(Cc3cccnc3)CC2)cc1. The highest BCUT2D eigenvalue weighted by Crippen LogP contribution is 2.21. The van der Waals surface area contributed by atoms with Crippen molar-refractivity contribution in [2.75, 3.05) is 13.1 Å². The first-order chi connectivity index (χ1) is 12.2. The van der Waals surface area contributed by atoms with Gasteiger partial charge in [-0.05, 0) is 47.9 Å². The van der Waals surface area contributed by atoms with Crippen LogP contribution in [0.1, 0.15) is 29.5 Å². The zero-order valence-corrected chi connectivity index (χ0v) is 14.5. The number of nitrogens with two attached hydrogens (primary N) is 1. The van der Waals surface area contributed by atoms with Crippen molar-refractivity contribution in [3.05, 3.63) is 65.5 Å². The van der Waals surface area contributed by atoms with E-state index in [-0.39, 0.29) is 6.03 Å². The Morgan fingerprint density at radius 3 is 2.48 bits per heavy atom. The van der Waals surface area contributed by atoms with Crippen LogP contribution in [0.25, 0.3) is 0 Å². The molecular weight excluding hydrogens is 312 g/mol. The van der Waals surface area contributed by atoms with Gasteiger partial charge in [-0.25, -0.2) is 4.79 Å². The second kappa shape index (κ2) is 8.62. The van der Waals surface area contributed by atoms with Crippen molar-refractivity contribution in [3.8, 4) is 0 Å². The van der Waals surface area contributed by atoms with Gasteiger partial charge in [0.05, 0.1) is 0 Å². The van der Waals surface area contributed by atoms with Gasteiger partial charge in [0, 0.05) is 38.6 Å². The first kappa shape index (κ1) is 17.4. The Bertz CT molecular complexity index is 664. The minimum atomic E-state index is 0.0303. The van der Waals surface area contributed by atoms with Crippen LogP contribution in [-0.4, -0.2) is 29.0 Å². The number of aromatic nitrogens is 1. The first-order valence-corrected chi connectivity index (χ1v) is 8.94. The molecule has 0 atom stereocenters. The number of nitrogens with one attached hydrogen (secondary N) is 1. The van der Waals surface area contributed by atoms with Crippen LogP contribution in [0.4, 0.5) is 4.79 Å². The molecule has 2 heterocycles. The molecule has 5 heteroatoms. The molecular formula is C20H26N4O. The van der Waals surface area contributed by atoms with Crippen molar-refractivity contribution in [1.82, 2.24) is 15.2 Å². The van der Waals surface area contributed by atoms with Gasteiger partial charge in [0.1, 0.15) is 0 Å². The molecule has 3 N–H and O–H groups in total. The molecule has 5 nitrogen and oxygen atoms in total. The number of hydrogen-bond donors (Lipinski definition) is 2. The molecule has 25 heavy (non-hydrogen) atoms. The van der Waals surface area contributed by atoms with Crippen molar-refractivity contribution in [2.45, 2.75) is 32.4 Å². The molecule has 1 aromatic heterocycles. The number of hydrogen-bond acceptors (Lipinski definition) is 3. The molecule has 1 aromatic carbocycles. The first-order valence-electron chi connectivity index (χ1n) is 8.94. The fourth-order valence-corrected chi connectivity index (χ4v) is 3.28. The Hall–Kier alpha value is -2.40. The van der Waals surface area contributed by atoms with Gasteiger partial charge in [0.25, 0.3) is 0 Å². The predicted molar refractivity (Wildman–Crippen MR) is 98.8 cm³/mol. The zero-order chi connectivity index (χ0) is 17.5. The standard InChI is InChI=1S/C20H26N4O/c21-13-17-3-5-18(6-4-17)15-23-20(25)24-10-7-16(8-11-24)12-19-2-1-9-22-14-19/h1-6,9,14,16H,7-8,10-13,15,21H2,(H,23,25). The van der Waals surface area contributed by atoms with Crippen LogP contribution in [0.3, 0.4) is 0 Å². The molecule has 132 valence electrons. The summed E-state index contributed by atoms with van der Waals surface area (Å²) in [4.78, 5) is 18.4. The number of amides is 2. The average Bonchev–Trinajstić information content (AvgIpc) is 2.68. The van der Waals surface area contributed by atoms with Crippen LogP contribution >= 0.6 is 0 Å². The van der Waals surface area contributed by atoms with Gasteiger partial charge in [0.15, 0.2) is 0 Å². The summed E-state index contributed by atoms with van der Waals surface area (Å²) >= 11 is 0. The Balaban J connectivity index is 1.41. The fraction of sp³-hybridized carbons (Fsp3) is 0.400. The van der Waals surface area contributed by atoms with E-state index in [1.807, 2.05) is 41.4 Å². The quantitative estimate of drug-likeness (QED) is 0.880. The van der Waals surface area contributed by atoms with Crippen LogP contribution in [0.2, 0.25) is 0 Å². The van der Waals surface area contributed by atoms with Crippen LogP contribution in [0.15, 0.2) is 48.8 Å². The molecule has 0 aliphatic carbocycles. The topological polar surface area (TPSA) is 71.2 Å². The largest absolute Gasteiger partial charge is 0.334 e. The lowest BCUT2D eigenvalue weighted by Gasteiger charge is -2.32. The smallest absolute Gasteiger partial charge is 0.317 e. The van der Waals surface area contributed by atoms with Gasteiger partial charge in [0.2, 0.25) is 0 Å². The summed E-state index contributed by atoms with van der Waals surface area (Å²) in [5.74, 6) is 0.636. The molecule has 0 spiro atoms. The Morgan fingerprint density at radius 1 is 1.12 bits per heavy atom. The maximum absolute atomic E-state index is 12.3. The Kier molecular flexibility index (Phi) is 6.01. The molecule has 3 rings (SSSR count). The van der Waals surface area contributed by atoms with Gasteiger partial charge in [-0.15, -0.1) is 0 Å². The third kappa shape index (κ3) is 5.03. The normalized spacial score (nSPS) is 15.2. The van der Waals surface area contributed by atoms with E-state index in [2.05, 4.69) is 16.4 Å². The molecule has 1 fully saturated rings. The van der Waals surface area contributed by atoms with Crippen LogP contribution in [0.5, 0.6) is 0 Å². The molecule has 2 amide bonds. The fourth-order valence-electron chi connectivity index (χ4n) is 3.28. The number of carbonyl (C=O) groups is 1. The van der Waals surface area contributed by atoms with Gasteiger partial charge in [-0.2, -0.15) is 0 Å². The van der Waals surface area contributed by atoms with E-state index in [1.165, 1.54) is 5.56 Å². The van der Waals surface area contributed by atoms with Gasteiger partial charge >= 0.3 is 6.03 Å². The zero-order valence-electron chi connectivity index (χ0n) is 14.5. The number of piperidine rings is 1. The summed E-state index contributed by atoms with van der Waals surface area (Å²) in [5.41, 5.74) is 9.08. The Morgan fingerprint density at radius 2 is 1.84 bits per heavy atom. The summed E-state index contributed by atoms with van der Waals surface area (Å²) in [7, 11) is 0. The number of carbonyl (C=O) groups excluding carboxylic acids is 1. The van der Waals surface area contributed by atoms with E-state index >= 15 is 0 Å². The second-order valence-corrected chi connectivity index (χ2v) is 6.68. The van der Waals surface area contributed by atoms with Crippen LogP contribution in [0, 0.1) is 5.92 Å². The number of pyridine rings is 1. The summed E-state index contributed by atoms with van der Waals surface area (Å²) in [6.07, 6.45) is 6.90. The van der Waals surface area contributed by atoms with Gasteiger partial charge < -0.3 is 16.0 Å². The van der Waals surface area contributed by atoms with Crippen molar-refractivity contribution >= 4 is 6.03 Å². The minimum absolute atomic E-state index is 0.0303. The van der Waals surface area contributed by atoms with Crippen molar-refractivity contribution in [1.29, 1.82) is 0 Å². The summed E-state index contributed by atoms with van der Waals surface area (Å²) in [6, 6.07) is 12.2. The van der Waals surface area contributed by atoms with Crippen molar-refractivity contribution in [3.63, 3.8) is 0 Å². The molecule has 1 saturated heterocycles. The van der Waals surface area contributed by atoms with E-state index in [0.717, 1.165) is 43.5 Å². The molecule has 0 bridgehead atoms. The molecule has 1 aliphatic heterocycles. The molecule has 0 unspecified atom stereocenters. The number of rotatable bonds is 5. The summed E-state index contributed by atoms with van der Waals surface area (Å²) in [5, 5.41) is 3.02. The lowest BCUT2D eigenvalue weighted by atomic mass is 9.91. The number of urea groups is 1. The second-order valence-electron chi connectivity index (χ2n) is 6.68. The third-order valence-corrected chi connectivity index (χ3v) is 4.85. The van der Waals surface area contributed by atoms with E-state index in [0.29, 0.717) is 19.0 Å². The molecule has 2 aromatic rings. The highest BCUT2D eigenvalue weighted by Gasteiger charge is 2.22. The van der Waals surface area contributed by atoms with E-state index in [9.17, 15) is 4.79 Å². The van der Waals surface area contributed by atoms with Crippen molar-refractivity contribution in [2.24, 2.45) is 11.7 Å². The predicted octanol–water partition coefficient (Wildman–Crippen LogP) is 2.70. The maximum Gasteiger partial charge on any atom is 0.317 e. The summed E-state index contributed by atoms with van der Waals surface area (Å²) < 4.78 is 0. The molecule has 0 radical (unpaired) electrons. The third-order valence-electron chi connectivity index (χ3n) is 4.85. The van der Waals surface area contributed by atoms with E-state index in [1.54, 1.807) is 6.20 Å². The number of nitrogens with zero attached hydrogens (tertiary/aromatic N) is 2. The summed E-state index contributed by atoms with van der Waals surface area (Å²) in [6.45, 7) is 2.74. The Labute approximate surface area is 149 Å². The maximum atomic E-state index is 12.3. The van der Waals surface area contributed by atoms with E-state index < -0.39 is 0 Å². The van der Waals surface area contributed by atoms with Gasteiger partial charge in [-0.3, -0.25) is 4.98 Å². The van der Waals surface area contributed by atoms with Crippen LogP contribution < -0.4 is 11.1 Å². The number of likely N-dealkylation sites (tertiary alicyclic amines) is 1. The average molecular weight is 338 g/mol.